The summed E-state index contributed by atoms with van der Waals surface area (Å²) in [7, 11) is 1.67. The highest BCUT2D eigenvalue weighted by atomic mass is 16.5. The Morgan fingerprint density at radius 1 is 1.12 bits per heavy atom. The monoisotopic (exact) mass is 325 g/mol. The third-order valence-corrected chi connectivity index (χ3v) is 4.56. The van der Waals surface area contributed by atoms with Crippen molar-refractivity contribution < 1.29 is 9.53 Å². The van der Waals surface area contributed by atoms with Gasteiger partial charge in [0.05, 0.1) is 5.92 Å². The number of hydrogen-bond donors (Lipinski definition) is 1. The summed E-state index contributed by atoms with van der Waals surface area (Å²) in [5.41, 5.74) is 5.81. The standard InChI is InChI=1S/C21H27NO2/c1-6-17-11-15(3)20(12-14(17)2)24-13-18-9-7-8-10-19(18)16(4)21(23)22-5/h7-12,16H,6,13H2,1-5H3,(H,22,23). The lowest BCUT2D eigenvalue weighted by Gasteiger charge is -2.17. The second kappa shape index (κ2) is 8.00. The van der Waals surface area contributed by atoms with E-state index in [4.69, 9.17) is 4.74 Å². The first-order valence-electron chi connectivity index (χ1n) is 8.50. The second-order valence-electron chi connectivity index (χ2n) is 6.22. The Balaban J connectivity index is 2.21. The molecule has 3 heteroatoms. The van der Waals surface area contributed by atoms with Crippen LogP contribution in [0.3, 0.4) is 0 Å². The summed E-state index contributed by atoms with van der Waals surface area (Å²) in [5, 5.41) is 2.71. The van der Waals surface area contributed by atoms with Crippen LogP contribution in [-0.2, 0) is 17.8 Å². The van der Waals surface area contributed by atoms with E-state index in [2.05, 4.69) is 38.2 Å². The van der Waals surface area contributed by atoms with Crippen LogP contribution < -0.4 is 10.1 Å². The molecule has 128 valence electrons. The first kappa shape index (κ1) is 18.1. The molecular weight excluding hydrogens is 298 g/mol. The zero-order chi connectivity index (χ0) is 17.7. The molecule has 0 bridgehead atoms. The fourth-order valence-corrected chi connectivity index (χ4v) is 2.99. The highest BCUT2D eigenvalue weighted by Gasteiger charge is 2.17. The van der Waals surface area contributed by atoms with E-state index in [0.29, 0.717) is 6.61 Å². The van der Waals surface area contributed by atoms with Crippen molar-refractivity contribution in [2.24, 2.45) is 0 Å². The fourth-order valence-electron chi connectivity index (χ4n) is 2.99. The molecule has 3 nitrogen and oxygen atoms in total. The lowest BCUT2D eigenvalue weighted by molar-refractivity contribution is -0.121. The summed E-state index contributed by atoms with van der Waals surface area (Å²) in [6.07, 6.45) is 1.03. The van der Waals surface area contributed by atoms with Gasteiger partial charge in [0.2, 0.25) is 5.91 Å². The third-order valence-electron chi connectivity index (χ3n) is 4.56. The highest BCUT2D eigenvalue weighted by Crippen LogP contribution is 2.26. The Morgan fingerprint density at radius 3 is 2.50 bits per heavy atom. The molecule has 0 heterocycles. The van der Waals surface area contributed by atoms with Gasteiger partial charge >= 0.3 is 0 Å². The lowest BCUT2D eigenvalue weighted by Crippen LogP contribution is -2.24. The largest absolute Gasteiger partial charge is 0.489 e. The van der Waals surface area contributed by atoms with Crippen LogP contribution in [0.25, 0.3) is 0 Å². The summed E-state index contributed by atoms with van der Waals surface area (Å²) in [6.45, 7) is 8.74. The molecule has 1 amide bonds. The fraction of sp³-hybridized carbons (Fsp3) is 0.381. The van der Waals surface area contributed by atoms with E-state index in [-0.39, 0.29) is 11.8 Å². The van der Waals surface area contributed by atoms with Gasteiger partial charge in [0.25, 0.3) is 0 Å². The zero-order valence-corrected chi connectivity index (χ0v) is 15.3. The molecule has 0 saturated carbocycles. The molecule has 0 spiro atoms. The molecule has 2 rings (SSSR count). The first-order valence-corrected chi connectivity index (χ1v) is 8.50. The van der Waals surface area contributed by atoms with E-state index in [1.165, 1.54) is 11.1 Å². The van der Waals surface area contributed by atoms with Gasteiger partial charge in [-0.25, -0.2) is 0 Å². The average Bonchev–Trinajstić information content (AvgIpc) is 2.60. The number of rotatable bonds is 6. The number of ether oxygens (including phenoxy) is 1. The van der Waals surface area contributed by atoms with Gasteiger partial charge < -0.3 is 10.1 Å². The predicted molar refractivity (Wildman–Crippen MR) is 98.5 cm³/mol. The summed E-state index contributed by atoms with van der Waals surface area (Å²) >= 11 is 0. The molecular formula is C21H27NO2. The maximum atomic E-state index is 12.0. The average molecular weight is 325 g/mol. The van der Waals surface area contributed by atoms with Crippen molar-refractivity contribution in [2.45, 2.75) is 46.6 Å². The number of carbonyl (C=O) groups is 1. The third kappa shape index (κ3) is 3.97. The van der Waals surface area contributed by atoms with Crippen LogP contribution in [0.4, 0.5) is 0 Å². The van der Waals surface area contributed by atoms with Crippen LogP contribution in [0, 0.1) is 13.8 Å². The number of carbonyl (C=O) groups excluding carboxylic acids is 1. The number of benzene rings is 2. The summed E-state index contributed by atoms with van der Waals surface area (Å²) in [5.74, 6) is 0.731. The first-order chi connectivity index (χ1) is 11.5. The molecule has 0 aliphatic carbocycles. The predicted octanol–water partition coefficient (Wildman–Crippen LogP) is 4.29. The summed E-state index contributed by atoms with van der Waals surface area (Å²) < 4.78 is 6.08. The van der Waals surface area contributed by atoms with Crippen molar-refractivity contribution >= 4 is 5.91 Å². The van der Waals surface area contributed by atoms with E-state index in [1.54, 1.807) is 7.05 Å². The second-order valence-corrected chi connectivity index (χ2v) is 6.22. The minimum Gasteiger partial charge on any atom is -0.489 e. The Hall–Kier alpha value is -2.29. The molecule has 2 aromatic carbocycles. The highest BCUT2D eigenvalue weighted by molar-refractivity contribution is 5.83. The molecule has 1 atom stereocenters. The molecule has 1 unspecified atom stereocenters. The van der Waals surface area contributed by atoms with E-state index >= 15 is 0 Å². The molecule has 1 N–H and O–H groups in total. The van der Waals surface area contributed by atoms with Crippen molar-refractivity contribution in [3.63, 3.8) is 0 Å². The molecule has 0 aliphatic rings. The minimum absolute atomic E-state index is 0.0155. The number of hydrogen-bond acceptors (Lipinski definition) is 2. The quantitative estimate of drug-likeness (QED) is 0.860. The Labute approximate surface area is 145 Å². The van der Waals surface area contributed by atoms with Gasteiger partial charge in [-0.2, -0.15) is 0 Å². The van der Waals surface area contributed by atoms with Gasteiger partial charge in [-0.1, -0.05) is 37.3 Å². The SMILES string of the molecule is CCc1cc(C)c(OCc2ccccc2C(C)C(=O)NC)cc1C. The van der Waals surface area contributed by atoms with Crippen LogP contribution in [0.2, 0.25) is 0 Å². The normalized spacial score (nSPS) is 11.9. The van der Waals surface area contributed by atoms with Crippen molar-refractivity contribution in [3.8, 4) is 5.75 Å². The topological polar surface area (TPSA) is 38.3 Å². The van der Waals surface area contributed by atoms with E-state index in [1.807, 2.05) is 31.2 Å². The number of nitrogens with one attached hydrogen (secondary N) is 1. The number of aryl methyl sites for hydroxylation is 3. The van der Waals surface area contributed by atoms with Crippen LogP contribution >= 0.6 is 0 Å². The summed E-state index contributed by atoms with van der Waals surface area (Å²) in [4.78, 5) is 12.0. The maximum absolute atomic E-state index is 12.0. The van der Waals surface area contributed by atoms with Crippen molar-refractivity contribution in [3.05, 3.63) is 64.2 Å². The van der Waals surface area contributed by atoms with Gasteiger partial charge in [-0.3, -0.25) is 4.79 Å². The molecule has 0 aromatic heterocycles. The Morgan fingerprint density at radius 2 is 1.83 bits per heavy atom. The Bertz CT molecular complexity index is 722. The molecule has 24 heavy (non-hydrogen) atoms. The van der Waals surface area contributed by atoms with Gasteiger partial charge in [0, 0.05) is 7.05 Å². The van der Waals surface area contributed by atoms with Gasteiger partial charge in [-0.15, -0.1) is 0 Å². The van der Waals surface area contributed by atoms with Gasteiger partial charge in [-0.05, 0) is 61.1 Å². The minimum atomic E-state index is -0.194. The summed E-state index contributed by atoms with van der Waals surface area (Å²) in [6, 6.07) is 12.3. The Kier molecular flexibility index (Phi) is 6.02. The van der Waals surface area contributed by atoms with Crippen molar-refractivity contribution in [1.29, 1.82) is 0 Å². The van der Waals surface area contributed by atoms with E-state index in [0.717, 1.165) is 28.9 Å². The lowest BCUT2D eigenvalue weighted by atomic mass is 9.95. The molecule has 2 aromatic rings. The maximum Gasteiger partial charge on any atom is 0.227 e. The van der Waals surface area contributed by atoms with Gasteiger partial charge in [0.15, 0.2) is 0 Å². The molecule has 0 aliphatic heterocycles. The zero-order valence-electron chi connectivity index (χ0n) is 15.3. The molecule has 0 radical (unpaired) electrons. The molecule has 0 saturated heterocycles. The van der Waals surface area contributed by atoms with Crippen LogP contribution in [0.5, 0.6) is 5.75 Å². The van der Waals surface area contributed by atoms with Crippen molar-refractivity contribution in [2.75, 3.05) is 7.05 Å². The smallest absolute Gasteiger partial charge is 0.227 e. The molecule has 0 fully saturated rings. The van der Waals surface area contributed by atoms with Crippen LogP contribution in [-0.4, -0.2) is 13.0 Å². The van der Waals surface area contributed by atoms with Crippen molar-refractivity contribution in [1.82, 2.24) is 5.32 Å². The van der Waals surface area contributed by atoms with Gasteiger partial charge in [0.1, 0.15) is 12.4 Å². The van der Waals surface area contributed by atoms with Crippen LogP contribution in [0.1, 0.15) is 47.6 Å². The van der Waals surface area contributed by atoms with E-state index in [9.17, 15) is 4.79 Å². The van der Waals surface area contributed by atoms with Crippen LogP contribution in [0.15, 0.2) is 36.4 Å². The number of likely N-dealkylation sites (N-methyl/N-ethyl adjacent to an activating group) is 1. The van der Waals surface area contributed by atoms with E-state index < -0.39 is 0 Å². The number of amides is 1.